The zero-order valence-electron chi connectivity index (χ0n) is 12.0. The molecular weight excluding hydrogens is 228 g/mol. The molecule has 1 aliphatic heterocycles. The Labute approximate surface area is 111 Å². The fourth-order valence-corrected chi connectivity index (χ4v) is 2.49. The maximum atomic E-state index is 12.0. The second-order valence-corrected chi connectivity index (χ2v) is 5.83. The summed E-state index contributed by atoms with van der Waals surface area (Å²) in [6.45, 7) is 9.13. The number of aliphatic hydroxyl groups is 1. The van der Waals surface area contributed by atoms with Crippen LogP contribution in [0.25, 0.3) is 0 Å². The quantitative estimate of drug-likeness (QED) is 0.752. The monoisotopic (exact) mass is 256 g/mol. The van der Waals surface area contributed by atoms with E-state index in [1.54, 1.807) is 0 Å². The van der Waals surface area contributed by atoms with Crippen LogP contribution < -0.4 is 5.32 Å². The average molecular weight is 256 g/mol. The van der Waals surface area contributed by atoms with Gasteiger partial charge in [-0.2, -0.15) is 0 Å². The number of amides is 1. The van der Waals surface area contributed by atoms with Crippen LogP contribution in [-0.4, -0.2) is 48.2 Å². The molecule has 1 heterocycles. The summed E-state index contributed by atoms with van der Waals surface area (Å²) in [6, 6.07) is -0.0507. The maximum Gasteiger partial charge on any atom is 0.237 e. The molecule has 1 fully saturated rings. The molecule has 0 aromatic rings. The highest BCUT2D eigenvalue weighted by Crippen LogP contribution is 2.20. The van der Waals surface area contributed by atoms with E-state index in [1.165, 1.54) is 6.42 Å². The number of hydrogen-bond donors (Lipinski definition) is 2. The van der Waals surface area contributed by atoms with Crippen LogP contribution in [0.15, 0.2) is 0 Å². The number of nitrogens with zero attached hydrogens (tertiary/aromatic N) is 1. The highest BCUT2D eigenvalue weighted by atomic mass is 16.3. The Morgan fingerprint density at radius 2 is 2.17 bits per heavy atom. The summed E-state index contributed by atoms with van der Waals surface area (Å²) in [4.78, 5) is 14.3. The van der Waals surface area contributed by atoms with Crippen LogP contribution in [0.3, 0.4) is 0 Å². The molecule has 0 bridgehead atoms. The molecule has 1 aliphatic rings. The Bertz CT molecular complexity index is 254. The van der Waals surface area contributed by atoms with Gasteiger partial charge in [-0.25, -0.2) is 0 Å². The number of aliphatic hydroxyl groups excluding tert-OH is 1. The number of piperidine rings is 1. The molecule has 0 saturated carbocycles. The molecule has 2 atom stereocenters. The minimum absolute atomic E-state index is 0.0507. The fourth-order valence-electron chi connectivity index (χ4n) is 2.49. The van der Waals surface area contributed by atoms with Gasteiger partial charge in [-0.1, -0.05) is 13.8 Å². The Balaban J connectivity index is 2.39. The van der Waals surface area contributed by atoms with Gasteiger partial charge >= 0.3 is 0 Å². The Morgan fingerprint density at radius 3 is 2.78 bits per heavy atom. The van der Waals surface area contributed by atoms with Crippen molar-refractivity contribution in [3.05, 3.63) is 0 Å². The summed E-state index contributed by atoms with van der Waals surface area (Å²) >= 11 is 0. The predicted octanol–water partition coefficient (Wildman–Crippen LogP) is 1.24. The topological polar surface area (TPSA) is 52.6 Å². The van der Waals surface area contributed by atoms with Gasteiger partial charge in [-0.05, 0) is 44.6 Å². The van der Waals surface area contributed by atoms with Gasteiger partial charge in [-0.15, -0.1) is 0 Å². The van der Waals surface area contributed by atoms with Crippen LogP contribution in [0.5, 0.6) is 0 Å². The van der Waals surface area contributed by atoms with Crippen LogP contribution in [0.1, 0.15) is 40.0 Å². The van der Waals surface area contributed by atoms with E-state index in [2.05, 4.69) is 24.1 Å². The molecule has 1 amide bonds. The van der Waals surface area contributed by atoms with Crippen LogP contribution >= 0.6 is 0 Å². The molecule has 0 aliphatic carbocycles. The van der Waals surface area contributed by atoms with Crippen LogP contribution in [0, 0.1) is 11.8 Å². The Kier molecular flexibility index (Phi) is 6.65. The van der Waals surface area contributed by atoms with Gasteiger partial charge in [0.2, 0.25) is 5.91 Å². The number of nitrogens with one attached hydrogen (secondary N) is 1. The van der Waals surface area contributed by atoms with Gasteiger partial charge in [0.15, 0.2) is 0 Å². The van der Waals surface area contributed by atoms with Crippen molar-refractivity contribution >= 4 is 5.91 Å². The van der Waals surface area contributed by atoms with E-state index in [-0.39, 0.29) is 18.6 Å². The third-order valence-electron chi connectivity index (χ3n) is 3.70. The molecule has 0 spiro atoms. The lowest BCUT2D eigenvalue weighted by atomic mass is 9.94. The molecule has 1 saturated heterocycles. The molecule has 0 radical (unpaired) electrons. The van der Waals surface area contributed by atoms with Crippen LogP contribution in [0.2, 0.25) is 0 Å². The maximum absolute atomic E-state index is 12.0. The first-order chi connectivity index (χ1) is 8.54. The highest BCUT2D eigenvalue weighted by molar-refractivity contribution is 5.81. The molecule has 1 rings (SSSR count). The largest absolute Gasteiger partial charge is 0.396 e. The first-order valence-electron chi connectivity index (χ1n) is 7.17. The van der Waals surface area contributed by atoms with Crippen molar-refractivity contribution in [2.75, 3.05) is 26.2 Å². The van der Waals surface area contributed by atoms with E-state index >= 15 is 0 Å². The molecule has 18 heavy (non-hydrogen) atoms. The summed E-state index contributed by atoms with van der Waals surface area (Å²) in [5.74, 6) is 1.17. The standard InChI is InChI=1S/C14H28N2O2/c1-11(2)9-15-14(18)12(3)16-7-4-5-13(10-16)6-8-17/h11-13,17H,4-10H2,1-3H3,(H,15,18). The summed E-state index contributed by atoms with van der Waals surface area (Å²) in [6.07, 6.45) is 3.17. The van der Waals surface area contributed by atoms with E-state index in [1.807, 2.05) is 6.92 Å². The van der Waals surface area contributed by atoms with Crippen molar-refractivity contribution in [1.29, 1.82) is 0 Å². The lowest BCUT2D eigenvalue weighted by molar-refractivity contribution is -0.126. The highest BCUT2D eigenvalue weighted by Gasteiger charge is 2.26. The van der Waals surface area contributed by atoms with Crippen molar-refractivity contribution in [1.82, 2.24) is 10.2 Å². The van der Waals surface area contributed by atoms with E-state index < -0.39 is 0 Å². The van der Waals surface area contributed by atoms with Gasteiger partial charge in [0.25, 0.3) is 0 Å². The molecule has 4 heteroatoms. The second-order valence-electron chi connectivity index (χ2n) is 5.83. The van der Waals surface area contributed by atoms with Crippen LogP contribution in [0.4, 0.5) is 0 Å². The van der Waals surface area contributed by atoms with E-state index in [0.29, 0.717) is 11.8 Å². The normalized spacial score (nSPS) is 23.1. The second kappa shape index (κ2) is 7.74. The summed E-state index contributed by atoms with van der Waals surface area (Å²) < 4.78 is 0. The minimum atomic E-state index is -0.0507. The SMILES string of the molecule is CC(C)CNC(=O)C(C)N1CCCC(CCO)C1. The molecule has 4 nitrogen and oxygen atoms in total. The molecule has 0 aromatic heterocycles. The van der Waals surface area contributed by atoms with Gasteiger partial charge in [0, 0.05) is 19.7 Å². The van der Waals surface area contributed by atoms with Crippen molar-refractivity contribution in [3.8, 4) is 0 Å². The lowest BCUT2D eigenvalue weighted by Gasteiger charge is -2.36. The average Bonchev–Trinajstić information content (AvgIpc) is 2.35. The predicted molar refractivity (Wildman–Crippen MR) is 73.3 cm³/mol. The summed E-state index contributed by atoms with van der Waals surface area (Å²) in [5.41, 5.74) is 0. The van der Waals surface area contributed by atoms with Crippen molar-refractivity contribution in [2.24, 2.45) is 11.8 Å². The first-order valence-corrected chi connectivity index (χ1v) is 7.17. The molecule has 2 unspecified atom stereocenters. The number of carbonyl (C=O) groups is 1. The summed E-state index contributed by atoms with van der Waals surface area (Å²) in [7, 11) is 0. The van der Waals surface area contributed by atoms with Crippen molar-refractivity contribution in [3.63, 3.8) is 0 Å². The van der Waals surface area contributed by atoms with E-state index in [4.69, 9.17) is 5.11 Å². The lowest BCUT2D eigenvalue weighted by Crippen LogP contribution is -2.49. The Hall–Kier alpha value is -0.610. The molecule has 106 valence electrons. The first kappa shape index (κ1) is 15.4. The number of likely N-dealkylation sites (tertiary alicyclic amines) is 1. The van der Waals surface area contributed by atoms with Gasteiger partial charge in [0.05, 0.1) is 6.04 Å². The van der Waals surface area contributed by atoms with Crippen molar-refractivity contribution < 1.29 is 9.90 Å². The smallest absolute Gasteiger partial charge is 0.237 e. The Morgan fingerprint density at radius 1 is 1.44 bits per heavy atom. The van der Waals surface area contributed by atoms with Crippen LogP contribution in [-0.2, 0) is 4.79 Å². The fraction of sp³-hybridized carbons (Fsp3) is 0.929. The minimum Gasteiger partial charge on any atom is -0.396 e. The third-order valence-corrected chi connectivity index (χ3v) is 3.70. The number of rotatable bonds is 6. The third kappa shape index (κ3) is 4.94. The van der Waals surface area contributed by atoms with Crippen molar-refractivity contribution in [2.45, 2.75) is 46.1 Å². The zero-order chi connectivity index (χ0) is 13.5. The zero-order valence-corrected chi connectivity index (χ0v) is 12.0. The van der Waals surface area contributed by atoms with Gasteiger partial charge in [0.1, 0.15) is 0 Å². The summed E-state index contributed by atoms with van der Waals surface area (Å²) in [5, 5.41) is 12.0. The molecule has 0 aromatic carbocycles. The van der Waals surface area contributed by atoms with E-state index in [9.17, 15) is 4.79 Å². The molecule has 2 N–H and O–H groups in total. The van der Waals surface area contributed by atoms with Gasteiger partial charge < -0.3 is 10.4 Å². The number of hydrogen-bond acceptors (Lipinski definition) is 3. The molecular formula is C14H28N2O2. The van der Waals surface area contributed by atoms with Gasteiger partial charge in [-0.3, -0.25) is 9.69 Å². The van der Waals surface area contributed by atoms with E-state index in [0.717, 1.165) is 32.5 Å². The number of carbonyl (C=O) groups excluding carboxylic acids is 1.